The molecule has 2 aromatic heterocycles. The van der Waals surface area contributed by atoms with Gasteiger partial charge in [0.15, 0.2) is 5.82 Å². The van der Waals surface area contributed by atoms with Gasteiger partial charge in [-0.3, -0.25) is 0 Å². The smallest absolute Gasteiger partial charge is 0.252 e. The van der Waals surface area contributed by atoms with Crippen molar-refractivity contribution in [2.45, 2.75) is 25.7 Å². The van der Waals surface area contributed by atoms with E-state index in [2.05, 4.69) is 41.0 Å². The standard InChI is InChI=1S/C17H19N5O/c1-17(2)10-23-14-4-3-11(7-13(14)17)12-8-19-16-20-15(5-6-18)21-22(16)9-12/h3-4,7-9H,5-6,10,18H2,1-2H3. The predicted molar refractivity (Wildman–Crippen MR) is 87.5 cm³/mol. The van der Waals surface area contributed by atoms with Gasteiger partial charge in [0.1, 0.15) is 5.75 Å². The van der Waals surface area contributed by atoms with Crippen LogP contribution in [0.5, 0.6) is 5.75 Å². The molecular formula is C17H19N5O. The van der Waals surface area contributed by atoms with E-state index in [1.165, 1.54) is 5.56 Å². The zero-order valence-electron chi connectivity index (χ0n) is 13.3. The average molecular weight is 309 g/mol. The molecule has 0 atom stereocenters. The van der Waals surface area contributed by atoms with Gasteiger partial charge in [0.2, 0.25) is 0 Å². The van der Waals surface area contributed by atoms with E-state index >= 15 is 0 Å². The molecule has 0 unspecified atom stereocenters. The molecule has 6 heteroatoms. The van der Waals surface area contributed by atoms with Gasteiger partial charge in [-0.05, 0) is 24.2 Å². The quantitative estimate of drug-likeness (QED) is 0.800. The van der Waals surface area contributed by atoms with Crippen molar-refractivity contribution in [2.24, 2.45) is 5.73 Å². The highest BCUT2D eigenvalue weighted by atomic mass is 16.5. The van der Waals surface area contributed by atoms with Gasteiger partial charge in [0.05, 0.1) is 6.61 Å². The molecule has 0 saturated heterocycles. The normalized spacial score (nSPS) is 15.6. The van der Waals surface area contributed by atoms with E-state index in [0.29, 0.717) is 25.4 Å². The van der Waals surface area contributed by atoms with E-state index in [4.69, 9.17) is 10.5 Å². The summed E-state index contributed by atoms with van der Waals surface area (Å²) in [5.41, 5.74) is 8.94. The Bertz CT molecular complexity index is 884. The zero-order chi connectivity index (χ0) is 16.0. The topological polar surface area (TPSA) is 78.3 Å². The van der Waals surface area contributed by atoms with Gasteiger partial charge < -0.3 is 10.5 Å². The van der Waals surface area contributed by atoms with Gasteiger partial charge in [0.25, 0.3) is 5.78 Å². The number of hydrogen-bond donors (Lipinski definition) is 1. The van der Waals surface area contributed by atoms with Crippen LogP contribution in [0.1, 0.15) is 25.2 Å². The summed E-state index contributed by atoms with van der Waals surface area (Å²) >= 11 is 0. The maximum absolute atomic E-state index is 5.75. The lowest BCUT2D eigenvalue weighted by Crippen LogP contribution is -2.18. The minimum Gasteiger partial charge on any atom is -0.492 e. The number of nitrogens with zero attached hydrogens (tertiary/aromatic N) is 4. The van der Waals surface area contributed by atoms with Crippen molar-refractivity contribution in [2.75, 3.05) is 13.2 Å². The predicted octanol–water partition coefficient (Wildman–Crippen LogP) is 1.96. The van der Waals surface area contributed by atoms with Gasteiger partial charge in [-0.25, -0.2) is 9.50 Å². The second kappa shape index (κ2) is 5.03. The third-order valence-electron chi connectivity index (χ3n) is 4.24. The fourth-order valence-electron chi connectivity index (χ4n) is 2.91. The molecule has 1 aliphatic rings. The number of benzene rings is 1. The summed E-state index contributed by atoms with van der Waals surface area (Å²) in [6, 6.07) is 6.27. The molecule has 3 aromatic rings. The van der Waals surface area contributed by atoms with Crippen molar-refractivity contribution in [1.29, 1.82) is 0 Å². The summed E-state index contributed by atoms with van der Waals surface area (Å²) in [6.45, 7) is 5.64. The molecule has 1 aliphatic heterocycles. The lowest BCUT2D eigenvalue weighted by Gasteiger charge is -2.15. The molecule has 0 saturated carbocycles. The van der Waals surface area contributed by atoms with E-state index in [9.17, 15) is 0 Å². The molecule has 4 rings (SSSR count). The molecule has 118 valence electrons. The summed E-state index contributed by atoms with van der Waals surface area (Å²) < 4.78 is 7.47. The van der Waals surface area contributed by atoms with Crippen molar-refractivity contribution in [3.63, 3.8) is 0 Å². The second-order valence-corrected chi connectivity index (χ2v) is 6.54. The number of rotatable bonds is 3. The molecule has 0 spiro atoms. The van der Waals surface area contributed by atoms with Gasteiger partial charge in [-0.15, -0.1) is 5.10 Å². The Hall–Kier alpha value is -2.47. The molecule has 23 heavy (non-hydrogen) atoms. The van der Waals surface area contributed by atoms with Crippen LogP contribution < -0.4 is 10.5 Å². The fourth-order valence-corrected chi connectivity index (χ4v) is 2.91. The van der Waals surface area contributed by atoms with E-state index in [-0.39, 0.29) is 5.41 Å². The van der Waals surface area contributed by atoms with Crippen molar-refractivity contribution >= 4 is 5.78 Å². The molecule has 3 heterocycles. The Kier molecular flexibility index (Phi) is 3.09. The fraction of sp³-hybridized carbons (Fsp3) is 0.353. The molecule has 1 aromatic carbocycles. The molecule has 2 N–H and O–H groups in total. The minimum absolute atomic E-state index is 0.0322. The average Bonchev–Trinajstić information content (AvgIpc) is 3.07. The second-order valence-electron chi connectivity index (χ2n) is 6.54. The Morgan fingerprint density at radius 3 is 3.00 bits per heavy atom. The zero-order valence-corrected chi connectivity index (χ0v) is 13.3. The summed E-state index contributed by atoms with van der Waals surface area (Å²) in [5, 5.41) is 4.43. The minimum atomic E-state index is 0.0322. The van der Waals surface area contributed by atoms with Gasteiger partial charge in [0, 0.05) is 35.4 Å². The van der Waals surface area contributed by atoms with Crippen LogP contribution in [-0.2, 0) is 11.8 Å². The van der Waals surface area contributed by atoms with Crippen LogP contribution >= 0.6 is 0 Å². The van der Waals surface area contributed by atoms with E-state index in [1.54, 1.807) is 4.52 Å². The van der Waals surface area contributed by atoms with Crippen molar-refractivity contribution in [3.8, 4) is 16.9 Å². The van der Waals surface area contributed by atoms with Crippen molar-refractivity contribution < 1.29 is 4.74 Å². The Labute approximate surface area is 134 Å². The van der Waals surface area contributed by atoms with Crippen molar-refractivity contribution in [1.82, 2.24) is 19.6 Å². The highest BCUT2D eigenvalue weighted by Gasteiger charge is 2.31. The van der Waals surface area contributed by atoms with E-state index in [0.717, 1.165) is 22.7 Å². The van der Waals surface area contributed by atoms with Crippen LogP contribution in [0.2, 0.25) is 0 Å². The maximum Gasteiger partial charge on any atom is 0.252 e. The van der Waals surface area contributed by atoms with Gasteiger partial charge in [-0.1, -0.05) is 19.9 Å². The Morgan fingerprint density at radius 2 is 2.17 bits per heavy atom. The highest BCUT2D eigenvalue weighted by molar-refractivity contribution is 5.66. The lowest BCUT2D eigenvalue weighted by atomic mass is 9.85. The first-order valence-electron chi connectivity index (χ1n) is 7.76. The highest BCUT2D eigenvalue weighted by Crippen LogP contribution is 2.40. The summed E-state index contributed by atoms with van der Waals surface area (Å²) in [6.07, 6.45) is 4.45. The van der Waals surface area contributed by atoms with Crippen molar-refractivity contribution in [3.05, 3.63) is 42.0 Å². The first kappa shape index (κ1) is 14.1. The first-order valence-corrected chi connectivity index (χ1v) is 7.76. The van der Waals surface area contributed by atoms with Crippen LogP contribution in [0.4, 0.5) is 0 Å². The molecular weight excluding hydrogens is 290 g/mol. The molecule has 0 radical (unpaired) electrons. The number of aromatic nitrogens is 4. The largest absolute Gasteiger partial charge is 0.492 e. The summed E-state index contributed by atoms with van der Waals surface area (Å²) in [5.74, 6) is 2.29. The summed E-state index contributed by atoms with van der Waals surface area (Å²) in [7, 11) is 0. The number of fused-ring (bicyclic) bond motifs is 2. The van der Waals surface area contributed by atoms with Crippen LogP contribution in [0.15, 0.2) is 30.6 Å². The van der Waals surface area contributed by atoms with Gasteiger partial charge >= 0.3 is 0 Å². The molecule has 0 fully saturated rings. The van der Waals surface area contributed by atoms with Crippen LogP contribution in [-0.4, -0.2) is 32.7 Å². The number of hydrogen-bond acceptors (Lipinski definition) is 5. The Morgan fingerprint density at radius 1 is 1.30 bits per heavy atom. The Balaban J connectivity index is 1.77. The molecule has 6 nitrogen and oxygen atoms in total. The van der Waals surface area contributed by atoms with E-state index in [1.807, 2.05) is 18.5 Å². The monoisotopic (exact) mass is 309 g/mol. The number of nitrogens with two attached hydrogens (primary N) is 1. The SMILES string of the molecule is CC1(C)COc2ccc(-c3cnc4nc(CCN)nn4c3)cc21. The molecule has 0 bridgehead atoms. The first-order chi connectivity index (χ1) is 11.1. The summed E-state index contributed by atoms with van der Waals surface area (Å²) in [4.78, 5) is 8.77. The van der Waals surface area contributed by atoms with E-state index < -0.39 is 0 Å². The molecule has 0 aliphatic carbocycles. The van der Waals surface area contributed by atoms with Gasteiger partial charge in [-0.2, -0.15) is 4.98 Å². The van der Waals surface area contributed by atoms with Crippen LogP contribution in [0.25, 0.3) is 16.9 Å². The van der Waals surface area contributed by atoms with Crippen LogP contribution in [0, 0.1) is 0 Å². The van der Waals surface area contributed by atoms with Crippen LogP contribution in [0.3, 0.4) is 0 Å². The third-order valence-corrected chi connectivity index (χ3v) is 4.24. The number of ether oxygens (including phenoxy) is 1. The third kappa shape index (κ3) is 2.35. The molecule has 0 amide bonds. The maximum atomic E-state index is 5.75. The lowest BCUT2D eigenvalue weighted by molar-refractivity contribution is 0.291.